The number of hydrogen-bond donors (Lipinski definition) is 1. The predicted octanol–water partition coefficient (Wildman–Crippen LogP) is 0.377. The van der Waals surface area contributed by atoms with E-state index in [1.54, 1.807) is 0 Å². The summed E-state index contributed by atoms with van der Waals surface area (Å²) in [5.41, 5.74) is 0.0695. The third-order valence-electron chi connectivity index (χ3n) is 3.49. The Balaban J connectivity index is 2.05. The van der Waals surface area contributed by atoms with E-state index in [0.717, 1.165) is 12.8 Å². The SMILES string of the molecule is C#CCNC(=O)COC(=O)c1cccc(S(=O)(=O)N2CCCC2)c1. The van der Waals surface area contributed by atoms with E-state index in [0.29, 0.717) is 13.1 Å². The maximum atomic E-state index is 12.5. The lowest BCUT2D eigenvalue weighted by Gasteiger charge is -2.15. The number of hydrogen-bond acceptors (Lipinski definition) is 5. The van der Waals surface area contributed by atoms with Crippen LogP contribution in [0.2, 0.25) is 0 Å². The zero-order valence-electron chi connectivity index (χ0n) is 13.0. The van der Waals surface area contributed by atoms with Crippen molar-refractivity contribution >= 4 is 21.9 Å². The normalized spacial score (nSPS) is 14.8. The van der Waals surface area contributed by atoms with Crippen LogP contribution in [0.4, 0.5) is 0 Å². The molecule has 1 amide bonds. The molecule has 0 atom stereocenters. The fourth-order valence-electron chi connectivity index (χ4n) is 2.28. The maximum absolute atomic E-state index is 12.5. The van der Waals surface area contributed by atoms with Gasteiger partial charge < -0.3 is 10.1 Å². The lowest BCUT2D eigenvalue weighted by molar-refractivity contribution is -0.123. The van der Waals surface area contributed by atoms with E-state index in [9.17, 15) is 18.0 Å². The van der Waals surface area contributed by atoms with Gasteiger partial charge in [-0.25, -0.2) is 13.2 Å². The average molecular weight is 350 g/mol. The minimum absolute atomic E-state index is 0.0376. The Kier molecular flexibility index (Phi) is 5.95. The molecule has 1 saturated heterocycles. The molecule has 2 rings (SSSR count). The minimum Gasteiger partial charge on any atom is -0.452 e. The van der Waals surface area contributed by atoms with Gasteiger partial charge in [0.2, 0.25) is 10.0 Å². The molecule has 1 aromatic rings. The highest BCUT2D eigenvalue weighted by Crippen LogP contribution is 2.21. The van der Waals surface area contributed by atoms with Gasteiger partial charge in [-0.05, 0) is 31.0 Å². The second-order valence-electron chi connectivity index (χ2n) is 5.20. The molecule has 1 aliphatic rings. The number of nitrogens with zero attached hydrogens (tertiary/aromatic N) is 1. The van der Waals surface area contributed by atoms with E-state index in [2.05, 4.69) is 11.2 Å². The Morgan fingerprint density at radius 2 is 2.00 bits per heavy atom. The van der Waals surface area contributed by atoms with Crippen molar-refractivity contribution in [2.75, 3.05) is 26.2 Å². The van der Waals surface area contributed by atoms with Crippen molar-refractivity contribution in [3.8, 4) is 12.3 Å². The van der Waals surface area contributed by atoms with Crippen LogP contribution in [0.25, 0.3) is 0 Å². The van der Waals surface area contributed by atoms with Gasteiger partial charge in [-0.1, -0.05) is 12.0 Å². The summed E-state index contributed by atoms with van der Waals surface area (Å²) in [5.74, 6) is 0.925. The van der Waals surface area contributed by atoms with Gasteiger partial charge in [0.15, 0.2) is 6.61 Å². The maximum Gasteiger partial charge on any atom is 0.338 e. The third kappa shape index (κ3) is 4.34. The molecule has 1 heterocycles. The molecule has 1 fully saturated rings. The molecule has 1 aliphatic heterocycles. The number of sulfonamides is 1. The number of esters is 1. The van der Waals surface area contributed by atoms with Gasteiger partial charge in [0.25, 0.3) is 5.91 Å². The van der Waals surface area contributed by atoms with Crippen molar-refractivity contribution in [1.82, 2.24) is 9.62 Å². The molecule has 1 aromatic carbocycles. The van der Waals surface area contributed by atoms with Crippen molar-refractivity contribution in [1.29, 1.82) is 0 Å². The van der Waals surface area contributed by atoms with Crippen molar-refractivity contribution in [2.24, 2.45) is 0 Å². The monoisotopic (exact) mass is 350 g/mol. The van der Waals surface area contributed by atoms with Crippen LogP contribution in [0.15, 0.2) is 29.2 Å². The van der Waals surface area contributed by atoms with Gasteiger partial charge in [0.05, 0.1) is 17.0 Å². The Bertz CT molecular complexity index is 761. The summed E-state index contributed by atoms with van der Waals surface area (Å²) >= 11 is 0. The summed E-state index contributed by atoms with van der Waals surface area (Å²) in [4.78, 5) is 23.4. The predicted molar refractivity (Wildman–Crippen MR) is 86.6 cm³/mol. The Morgan fingerprint density at radius 1 is 1.29 bits per heavy atom. The molecule has 0 spiro atoms. The molecule has 0 unspecified atom stereocenters. The van der Waals surface area contributed by atoms with Gasteiger partial charge in [-0.3, -0.25) is 4.79 Å². The van der Waals surface area contributed by atoms with E-state index in [1.165, 1.54) is 28.6 Å². The molecule has 0 saturated carbocycles. The highest BCUT2D eigenvalue weighted by Gasteiger charge is 2.27. The van der Waals surface area contributed by atoms with Gasteiger partial charge in [-0.15, -0.1) is 6.42 Å². The molecule has 0 radical (unpaired) electrons. The minimum atomic E-state index is -3.61. The summed E-state index contributed by atoms with van der Waals surface area (Å²) in [6, 6.07) is 5.60. The number of carbonyl (C=O) groups excluding carboxylic acids is 2. The van der Waals surface area contributed by atoms with Crippen LogP contribution in [0.1, 0.15) is 23.2 Å². The summed E-state index contributed by atoms with van der Waals surface area (Å²) in [6.07, 6.45) is 6.65. The van der Waals surface area contributed by atoms with E-state index in [-0.39, 0.29) is 17.0 Å². The van der Waals surface area contributed by atoms with Crippen molar-refractivity contribution in [3.05, 3.63) is 29.8 Å². The molecule has 24 heavy (non-hydrogen) atoms. The Labute approximate surface area is 141 Å². The van der Waals surface area contributed by atoms with Crippen LogP contribution in [0.5, 0.6) is 0 Å². The van der Waals surface area contributed by atoms with E-state index < -0.39 is 28.5 Å². The molecule has 128 valence electrons. The number of amides is 1. The van der Waals surface area contributed by atoms with E-state index >= 15 is 0 Å². The number of nitrogens with one attached hydrogen (secondary N) is 1. The van der Waals surface area contributed by atoms with Gasteiger partial charge >= 0.3 is 5.97 Å². The first-order valence-electron chi connectivity index (χ1n) is 7.42. The first-order chi connectivity index (χ1) is 11.4. The second-order valence-corrected chi connectivity index (χ2v) is 7.13. The van der Waals surface area contributed by atoms with Crippen molar-refractivity contribution < 1.29 is 22.7 Å². The molecule has 8 heteroatoms. The largest absolute Gasteiger partial charge is 0.452 e. The summed E-state index contributed by atoms with van der Waals surface area (Å²) < 4.78 is 31.2. The highest BCUT2D eigenvalue weighted by atomic mass is 32.2. The lowest BCUT2D eigenvalue weighted by atomic mass is 10.2. The lowest BCUT2D eigenvalue weighted by Crippen LogP contribution is -2.29. The molecule has 0 bridgehead atoms. The van der Waals surface area contributed by atoms with Crippen LogP contribution >= 0.6 is 0 Å². The van der Waals surface area contributed by atoms with Crippen LogP contribution in [0.3, 0.4) is 0 Å². The van der Waals surface area contributed by atoms with Crippen LogP contribution in [-0.2, 0) is 19.6 Å². The molecule has 0 aromatic heterocycles. The summed E-state index contributed by atoms with van der Waals surface area (Å²) in [6.45, 7) is 0.516. The van der Waals surface area contributed by atoms with E-state index in [1.807, 2.05) is 0 Å². The fourth-order valence-corrected chi connectivity index (χ4v) is 3.84. The van der Waals surface area contributed by atoms with Gasteiger partial charge in [0, 0.05) is 13.1 Å². The van der Waals surface area contributed by atoms with Crippen LogP contribution < -0.4 is 5.32 Å². The van der Waals surface area contributed by atoms with Crippen molar-refractivity contribution in [2.45, 2.75) is 17.7 Å². The highest BCUT2D eigenvalue weighted by molar-refractivity contribution is 7.89. The molecule has 0 aliphatic carbocycles. The van der Waals surface area contributed by atoms with Crippen LogP contribution in [-0.4, -0.2) is 50.8 Å². The zero-order valence-corrected chi connectivity index (χ0v) is 13.8. The number of terminal acetylenes is 1. The van der Waals surface area contributed by atoms with Gasteiger partial charge in [0.1, 0.15) is 0 Å². The summed E-state index contributed by atoms with van der Waals surface area (Å²) in [7, 11) is -3.61. The first-order valence-corrected chi connectivity index (χ1v) is 8.86. The summed E-state index contributed by atoms with van der Waals surface area (Å²) in [5, 5.41) is 2.36. The Morgan fingerprint density at radius 3 is 2.67 bits per heavy atom. The van der Waals surface area contributed by atoms with Crippen molar-refractivity contribution in [3.63, 3.8) is 0 Å². The average Bonchev–Trinajstić information content (AvgIpc) is 3.13. The topological polar surface area (TPSA) is 92.8 Å². The van der Waals surface area contributed by atoms with Crippen LogP contribution in [0, 0.1) is 12.3 Å². The quantitative estimate of drug-likeness (QED) is 0.591. The number of benzene rings is 1. The smallest absolute Gasteiger partial charge is 0.338 e. The third-order valence-corrected chi connectivity index (χ3v) is 5.39. The molecule has 1 N–H and O–H groups in total. The fraction of sp³-hybridized carbons (Fsp3) is 0.375. The second kappa shape index (κ2) is 7.95. The molecular weight excluding hydrogens is 332 g/mol. The molecule has 7 nitrogen and oxygen atoms in total. The number of carbonyl (C=O) groups is 2. The first kappa shape index (κ1) is 18.0. The standard InChI is InChI=1S/C16H18N2O5S/c1-2-8-17-15(19)12-23-16(20)13-6-5-7-14(11-13)24(21,22)18-9-3-4-10-18/h1,5-7,11H,3-4,8-10,12H2,(H,17,19). The number of rotatable bonds is 6. The Hall–Kier alpha value is -2.37. The molecular formula is C16H18N2O5S. The van der Waals surface area contributed by atoms with E-state index in [4.69, 9.17) is 11.2 Å². The number of ether oxygens (including phenoxy) is 1. The zero-order chi connectivity index (χ0) is 17.6. The van der Waals surface area contributed by atoms with Gasteiger partial charge in [-0.2, -0.15) is 4.31 Å².